The Labute approximate surface area is 128 Å². The molecule has 0 spiro atoms. The van der Waals surface area contributed by atoms with E-state index in [1.165, 1.54) is 24.1 Å². The van der Waals surface area contributed by atoms with Crippen LogP contribution in [0.1, 0.15) is 45.6 Å². The van der Waals surface area contributed by atoms with Crippen LogP contribution in [0.15, 0.2) is 18.2 Å². The number of nitrogens with zero attached hydrogens (tertiary/aromatic N) is 1. The molecule has 1 saturated carbocycles. The summed E-state index contributed by atoms with van der Waals surface area (Å²) in [6, 6.07) is 6.90. The molecule has 1 aliphatic rings. The lowest BCUT2D eigenvalue weighted by atomic mass is 10.0. The maximum absolute atomic E-state index is 6.52. The molecule has 2 rings (SSSR count). The maximum atomic E-state index is 6.52. The second kappa shape index (κ2) is 6.82. The molecule has 0 aliphatic heterocycles. The van der Waals surface area contributed by atoms with Crippen molar-refractivity contribution in [1.82, 2.24) is 0 Å². The van der Waals surface area contributed by atoms with Crippen molar-refractivity contribution in [3.05, 3.63) is 28.8 Å². The number of hydrogen-bond donors (Lipinski definition) is 1. The van der Waals surface area contributed by atoms with Crippen LogP contribution in [0, 0.1) is 5.92 Å². The van der Waals surface area contributed by atoms with Crippen LogP contribution >= 0.6 is 11.6 Å². The second-order valence-corrected chi connectivity index (χ2v) is 6.72. The van der Waals surface area contributed by atoms with Gasteiger partial charge < -0.3 is 10.6 Å². The van der Waals surface area contributed by atoms with Gasteiger partial charge in [0, 0.05) is 18.6 Å². The predicted molar refractivity (Wildman–Crippen MR) is 88.6 cm³/mol. The topological polar surface area (TPSA) is 29.3 Å². The third-order valence-electron chi connectivity index (χ3n) is 4.14. The minimum Gasteiger partial charge on any atom is -0.367 e. The highest BCUT2D eigenvalue weighted by Crippen LogP contribution is 2.37. The van der Waals surface area contributed by atoms with Gasteiger partial charge in [-0.15, -0.1) is 0 Å². The summed E-state index contributed by atoms with van der Waals surface area (Å²) < 4.78 is 0. The zero-order valence-electron chi connectivity index (χ0n) is 12.9. The smallest absolute Gasteiger partial charge is 0.0642 e. The fourth-order valence-electron chi connectivity index (χ4n) is 2.61. The van der Waals surface area contributed by atoms with Crippen LogP contribution in [0.25, 0.3) is 0 Å². The first-order valence-electron chi connectivity index (χ1n) is 7.82. The van der Waals surface area contributed by atoms with Crippen molar-refractivity contribution < 1.29 is 0 Å². The number of hydrogen-bond acceptors (Lipinski definition) is 2. The van der Waals surface area contributed by atoms with E-state index in [4.69, 9.17) is 17.3 Å². The first-order valence-corrected chi connectivity index (χ1v) is 8.20. The van der Waals surface area contributed by atoms with Crippen molar-refractivity contribution in [3.8, 4) is 0 Å². The largest absolute Gasteiger partial charge is 0.367 e. The predicted octanol–water partition coefficient (Wildman–Crippen LogP) is 4.24. The molecule has 20 heavy (non-hydrogen) atoms. The Morgan fingerprint density at radius 3 is 2.60 bits per heavy atom. The average molecular weight is 295 g/mol. The number of benzene rings is 1. The Morgan fingerprint density at radius 2 is 2.05 bits per heavy atom. The third kappa shape index (κ3) is 3.89. The standard InChI is InChI=1S/C17H27ClN2/c1-4-15(19)10-14-6-5-7-16(18)17(14)20(12(2)3)11-13-8-9-13/h5-7,12-13,15H,4,8-11,19H2,1-3H3. The first-order chi connectivity index (χ1) is 9.52. The fraction of sp³-hybridized carbons (Fsp3) is 0.647. The van der Waals surface area contributed by atoms with Crippen LogP contribution in [-0.4, -0.2) is 18.6 Å². The van der Waals surface area contributed by atoms with Crippen LogP contribution in [0.3, 0.4) is 0 Å². The van der Waals surface area contributed by atoms with Crippen LogP contribution in [-0.2, 0) is 6.42 Å². The van der Waals surface area contributed by atoms with Gasteiger partial charge in [0.1, 0.15) is 0 Å². The van der Waals surface area contributed by atoms with E-state index < -0.39 is 0 Å². The van der Waals surface area contributed by atoms with Gasteiger partial charge in [0.2, 0.25) is 0 Å². The molecule has 112 valence electrons. The van der Waals surface area contributed by atoms with Crippen molar-refractivity contribution in [3.63, 3.8) is 0 Å². The molecule has 0 bridgehead atoms. The van der Waals surface area contributed by atoms with Crippen molar-refractivity contribution >= 4 is 17.3 Å². The molecule has 0 heterocycles. The molecular formula is C17H27ClN2. The summed E-state index contributed by atoms with van der Waals surface area (Å²) in [5, 5.41) is 0.861. The van der Waals surface area contributed by atoms with Crippen LogP contribution in [0.2, 0.25) is 5.02 Å². The Morgan fingerprint density at radius 1 is 1.35 bits per heavy atom. The van der Waals surface area contributed by atoms with E-state index in [9.17, 15) is 0 Å². The lowest BCUT2D eigenvalue weighted by Gasteiger charge is -2.32. The Balaban J connectivity index is 2.30. The summed E-state index contributed by atoms with van der Waals surface area (Å²) >= 11 is 6.52. The Bertz CT molecular complexity index is 441. The fourth-order valence-corrected chi connectivity index (χ4v) is 2.91. The normalized spacial score (nSPS) is 16.5. The minimum absolute atomic E-state index is 0.210. The van der Waals surface area contributed by atoms with E-state index in [0.29, 0.717) is 6.04 Å². The summed E-state index contributed by atoms with van der Waals surface area (Å²) in [4.78, 5) is 2.47. The molecule has 0 amide bonds. The van der Waals surface area contributed by atoms with Crippen molar-refractivity contribution in [2.24, 2.45) is 11.7 Å². The summed E-state index contributed by atoms with van der Waals surface area (Å²) in [5.74, 6) is 0.848. The molecule has 1 unspecified atom stereocenters. The average Bonchev–Trinajstić information content (AvgIpc) is 3.20. The highest BCUT2D eigenvalue weighted by Gasteiger charge is 2.27. The van der Waals surface area contributed by atoms with Gasteiger partial charge >= 0.3 is 0 Å². The van der Waals surface area contributed by atoms with Gasteiger partial charge in [-0.1, -0.05) is 30.7 Å². The molecule has 0 saturated heterocycles. The highest BCUT2D eigenvalue weighted by atomic mass is 35.5. The van der Waals surface area contributed by atoms with E-state index >= 15 is 0 Å². The molecule has 0 radical (unpaired) electrons. The van der Waals surface area contributed by atoms with Gasteiger partial charge in [0.15, 0.2) is 0 Å². The number of nitrogens with two attached hydrogens (primary N) is 1. The van der Waals surface area contributed by atoms with Crippen molar-refractivity contribution in [2.45, 2.75) is 58.5 Å². The number of anilines is 1. The van der Waals surface area contributed by atoms with Crippen molar-refractivity contribution in [2.75, 3.05) is 11.4 Å². The Hall–Kier alpha value is -0.730. The zero-order chi connectivity index (χ0) is 14.7. The zero-order valence-corrected chi connectivity index (χ0v) is 13.7. The summed E-state index contributed by atoms with van der Waals surface area (Å²) in [5.41, 5.74) is 8.65. The molecule has 0 aromatic heterocycles. The molecule has 1 aromatic rings. The molecule has 2 nitrogen and oxygen atoms in total. The number of halogens is 1. The highest BCUT2D eigenvalue weighted by molar-refractivity contribution is 6.33. The molecule has 1 aromatic carbocycles. The minimum atomic E-state index is 0.210. The number of rotatable bonds is 7. The number of para-hydroxylation sites is 1. The maximum Gasteiger partial charge on any atom is 0.0642 e. The SMILES string of the molecule is CCC(N)Cc1cccc(Cl)c1N(CC1CC1)C(C)C. The summed E-state index contributed by atoms with van der Waals surface area (Å²) in [7, 11) is 0. The van der Waals surface area contributed by atoms with Gasteiger partial charge in [0.05, 0.1) is 10.7 Å². The molecule has 1 aliphatic carbocycles. The van der Waals surface area contributed by atoms with Gasteiger partial charge in [0.25, 0.3) is 0 Å². The van der Waals surface area contributed by atoms with Crippen LogP contribution in [0.4, 0.5) is 5.69 Å². The van der Waals surface area contributed by atoms with Gasteiger partial charge in [-0.25, -0.2) is 0 Å². The van der Waals surface area contributed by atoms with E-state index in [2.05, 4.69) is 31.7 Å². The monoisotopic (exact) mass is 294 g/mol. The molecule has 1 fully saturated rings. The van der Waals surface area contributed by atoms with Gasteiger partial charge in [-0.2, -0.15) is 0 Å². The quantitative estimate of drug-likeness (QED) is 0.815. The second-order valence-electron chi connectivity index (χ2n) is 6.31. The first kappa shape index (κ1) is 15.7. The van der Waals surface area contributed by atoms with Crippen LogP contribution < -0.4 is 10.6 Å². The third-order valence-corrected chi connectivity index (χ3v) is 4.44. The van der Waals surface area contributed by atoms with E-state index in [1.54, 1.807) is 0 Å². The van der Waals surface area contributed by atoms with Gasteiger partial charge in [-0.3, -0.25) is 0 Å². The van der Waals surface area contributed by atoms with E-state index in [-0.39, 0.29) is 6.04 Å². The van der Waals surface area contributed by atoms with Crippen LogP contribution in [0.5, 0.6) is 0 Å². The summed E-state index contributed by atoms with van der Waals surface area (Å²) in [6.45, 7) is 7.75. The van der Waals surface area contributed by atoms with Gasteiger partial charge in [-0.05, 0) is 57.1 Å². The van der Waals surface area contributed by atoms with E-state index in [1.807, 2.05) is 12.1 Å². The lowest BCUT2D eigenvalue weighted by molar-refractivity contribution is 0.623. The lowest BCUT2D eigenvalue weighted by Crippen LogP contribution is -2.34. The Kier molecular flexibility index (Phi) is 5.34. The molecule has 1 atom stereocenters. The van der Waals surface area contributed by atoms with Crippen molar-refractivity contribution in [1.29, 1.82) is 0 Å². The summed E-state index contributed by atoms with van der Waals surface area (Å²) in [6.07, 6.45) is 4.62. The molecule has 2 N–H and O–H groups in total. The molecule has 3 heteroatoms. The molecular weight excluding hydrogens is 268 g/mol. The van der Waals surface area contributed by atoms with E-state index in [0.717, 1.165) is 30.3 Å².